The normalized spacial score (nSPS) is 12.5. The van der Waals surface area contributed by atoms with Crippen LogP contribution in [0.3, 0.4) is 0 Å². The van der Waals surface area contributed by atoms with Crippen LogP contribution in [0.1, 0.15) is 31.7 Å². The first-order chi connectivity index (χ1) is 7.63. The summed E-state index contributed by atoms with van der Waals surface area (Å²) in [5, 5.41) is 2.88. The predicted octanol–water partition coefficient (Wildman–Crippen LogP) is 1.64. The van der Waals surface area contributed by atoms with Crippen LogP contribution in [-0.4, -0.2) is 18.5 Å². The van der Waals surface area contributed by atoms with Crippen LogP contribution in [0, 0.1) is 0 Å². The van der Waals surface area contributed by atoms with E-state index >= 15 is 0 Å². The van der Waals surface area contributed by atoms with Gasteiger partial charge in [0.25, 0.3) is 0 Å². The van der Waals surface area contributed by atoms with Crippen molar-refractivity contribution in [2.24, 2.45) is 5.73 Å². The Morgan fingerprint density at radius 3 is 2.44 bits per heavy atom. The molecule has 1 aromatic rings. The summed E-state index contributed by atoms with van der Waals surface area (Å²) in [5.74, 6) is 0.175. The number of rotatable bonds is 5. The highest BCUT2D eigenvalue weighted by Gasteiger charge is 2.14. The van der Waals surface area contributed by atoms with Gasteiger partial charge >= 0.3 is 0 Å². The fourth-order valence-electron chi connectivity index (χ4n) is 1.67. The summed E-state index contributed by atoms with van der Waals surface area (Å²) in [4.78, 5) is 11.6. The van der Waals surface area contributed by atoms with E-state index in [2.05, 4.69) is 5.32 Å². The van der Waals surface area contributed by atoms with Crippen LogP contribution >= 0.6 is 0 Å². The van der Waals surface area contributed by atoms with Gasteiger partial charge in [0.2, 0.25) is 5.91 Å². The van der Waals surface area contributed by atoms with E-state index in [1.807, 2.05) is 44.2 Å². The van der Waals surface area contributed by atoms with E-state index in [0.717, 1.165) is 5.56 Å². The van der Waals surface area contributed by atoms with Crippen molar-refractivity contribution < 1.29 is 4.79 Å². The van der Waals surface area contributed by atoms with Gasteiger partial charge in [-0.15, -0.1) is 0 Å². The zero-order valence-corrected chi connectivity index (χ0v) is 9.94. The molecule has 0 bridgehead atoms. The molecule has 1 rings (SSSR count). The Balaban J connectivity index is 2.59. The Bertz CT molecular complexity index is 322. The molecule has 1 unspecified atom stereocenters. The Morgan fingerprint density at radius 1 is 1.31 bits per heavy atom. The molecule has 0 saturated carbocycles. The van der Waals surface area contributed by atoms with Gasteiger partial charge in [0.1, 0.15) is 0 Å². The lowest BCUT2D eigenvalue weighted by Crippen LogP contribution is -2.32. The van der Waals surface area contributed by atoms with E-state index in [0.29, 0.717) is 13.0 Å². The highest BCUT2D eigenvalue weighted by atomic mass is 16.1. The minimum absolute atomic E-state index is 0.0642. The van der Waals surface area contributed by atoms with Crippen molar-refractivity contribution in [2.45, 2.75) is 32.2 Å². The Kier molecular flexibility index (Phi) is 4.99. The molecule has 0 aliphatic carbocycles. The zero-order valence-electron chi connectivity index (χ0n) is 9.94. The van der Waals surface area contributed by atoms with E-state index in [9.17, 15) is 4.79 Å². The summed E-state index contributed by atoms with van der Waals surface area (Å²) in [7, 11) is 0. The molecule has 0 saturated heterocycles. The molecule has 0 spiro atoms. The third-order valence-corrected chi connectivity index (χ3v) is 2.44. The van der Waals surface area contributed by atoms with E-state index in [-0.39, 0.29) is 17.9 Å². The summed E-state index contributed by atoms with van der Waals surface area (Å²) in [6.07, 6.45) is 0.457. The van der Waals surface area contributed by atoms with Crippen molar-refractivity contribution in [2.75, 3.05) is 6.54 Å². The third kappa shape index (κ3) is 4.03. The molecule has 3 N–H and O–H groups in total. The van der Waals surface area contributed by atoms with Crippen LogP contribution in [0.4, 0.5) is 0 Å². The molecule has 1 aromatic carbocycles. The topological polar surface area (TPSA) is 55.1 Å². The smallest absolute Gasteiger partial charge is 0.220 e. The van der Waals surface area contributed by atoms with Gasteiger partial charge in [-0.2, -0.15) is 0 Å². The average molecular weight is 220 g/mol. The van der Waals surface area contributed by atoms with Crippen LogP contribution in [0.2, 0.25) is 0 Å². The number of nitrogens with two attached hydrogens (primary N) is 1. The maximum absolute atomic E-state index is 11.6. The summed E-state index contributed by atoms with van der Waals surface area (Å²) in [5.41, 5.74) is 6.83. The molecular weight excluding hydrogens is 200 g/mol. The SMILES string of the molecule is CC(C)NC(=O)CC(CN)c1ccccc1. The maximum atomic E-state index is 11.6. The van der Waals surface area contributed by atoms with Crippen LogP contribution < -0.4 is 11.1 Å². The molecule has 0 aliphatic heterocycles. The largest absolute Gasteiger partial charge is 0.354 e. The van der Waals surface area contributed by atoms with Crippen molar-refractivity contribution in [3.8, 4) is 0 Å². The van der Waals surface area contributed by atoms with Crippen LogP contribution in [0.5, 0.6) is 0 Å². The number of carbonyl (C=O) groups is 1. The number of carbonyl (C=O) groups excluding carboxylic acids is 1. The van der Waals surface area contributed by atoms with Crippen molar-refractivity contribution in [1.82, 2.24) is 5.32 Å². The monoisotopic (exact) mass is 220 g/mol. The van der Waals surface area contributed by atoms with Gasteiger partial charge in [-0.05, 0) is 26.0 Å². The van der Waals surface area contributed by atoms with Crippen LogP contribution in [-0.2, 0) is 4.79 Å². The summed E-state index contributed by atoms with van der Waals surface area (Å²) < 4.78 is 0. The minimum atomic E-state index is 0.0642. The van der Waals surface area contributed by atoms with E-state index in [1.165, 1.54) is 0 Å². The van der Waals surface area contributed by atoms with Crippen molar-refractivity contribution in [1.29, 1.82) is 0 Å². The molecule has 1 amide bonds. The van der Waals surface area contributed by atoms with E-state index in [1.54, 1.807) is 0 Å². The molecule has 0 fully saturated rings. The molecule has 0 aromatic heterocycles. The lowest BCUT2D eigenvalue weighted by Gasteiger charge is -2.16. The van der Waals surface area contributed by atoms with Crippen LogP contribution in [0.25, 0.3) is 0 Å². The molecule has 1 atom stereocenters. The number of hydrogen-bond acceptors (Lipinski definition) is 2. The van der Waals surface area contributed by atoms with Crippen molar-refractivity contribution in [3.63, 3.8) is 0 Å². The van der Waals surface area contributed by atoms with Gasteiger partial charge in [-0.3, -0.25) is 4.79 Å². The molecular formula is C13H20N2O. The summed E-state index contributed by atoms with van der Waals surface area (Å²) >= 11 is 0. The van der Waals surface area contributed by atoms with Crippen molar-refractivity contribution in [3.05, 3.63) is 35.9 Å². The number of hydrogen-bond donors (Lipinski definition) is 2. The van der Waals surface area contributed by atoms with Gasteiger partial charge in [0.05, 0.1) is 0 Å². The van der Waals surface area contributed by atoms with Crippen molar-refractivity contribution >= 4 is 5.91 Å². The number of nitrogens with one attached hydrogen (secondary N) is 1. The van der Waals surface area contributed by atoms with Gasteiger partial charge in [0, 0.05) is 18.4 Å². The fraction of sp³-hybridized carbons (Fsp3) is 0.462. The second-order valence-electron chi connectivity index (χ2n) is 4.27. The lowest BCUT2D eigenvalue weighted by atomic mass is 9.95. The first-order valence-corrected chi connectivity index (χ1v) is 5.68. The summed E-state index contributed by atoms with van der Waals surface area (Å²) in [6, 6.07) is 10.1. The minimum Gasteiger partial charge on any atom is -0.354 e. The molecule has 3 heteroatoms. The highest BCUT2D eigenvalue weighted by Crippen LogP contribution is 2.17. The van der Waals surface area contributed by atoms with E-state index in [4.69, 9.17) is 5.73 Å². The predicted molar refractivity (Wildman–Crippen MR) is 66.1 cm³/mol. The number of benzene rings is 1. The molecule has 0 aliphatic rings. The fourth-order valence-corrected chi connectivity index (χ4v) is 1.67. The second-order valence-corrected chi connectivity index (χ2v) is 4.27. The third-order valence-electron chi connectivity index (χ3n) is 2.44. The Morgan fingerprint density at radius 2 is 1.94 bits per heavy atom. The molecule has 0 heterocycles. The van der Waals surface area contributed by atoms with Gasteiger partial charge < -0.3 is 11.1 Å². The zero-order chi connectivity index (χ0) is 12.0. The lowest BCUT2D eigenvalue weighted by molar-refractivity contribution is -0.121. The standard InChI is InChI=1S/C13H20N2O/c1-10(2)15-13(16)8-12(9-14)11-6-4-3-5-7-11/h3-7,10,12H,8-9,14H2,1-2H3,(H,15,16). The van der Waals surface area contributed by atoms with E-state index < -0.39 is 0 Å². The Hall–Kier alpha value is -1.35. The summed E-state index contributed by atoms with van der Waals surface area (Å²) in [6.45, 7) is 4.41. The van der Waals surface area contributed by atoms with Crippen LogP contribution in [0.15, 0.2) is 30.3 Å². The maximum Gasteiger partial charge on any atom is 0.220 e. The quantitative estimate of drug-likeness (QED) is 0.792. The first kappa shape index (κ1) is 12.7. The molecule has 0 radical (unpaired) electrons. The molecule has 3 nitrogen and oxygen atoms in total. The molecule has 88 valence electrons. The van der Waals surface area contributed by atoms with Gasteiger partial charge in [-0.1, -0.05) is 30.3 Å². The first-order valence-electron chi connectivity index (χ1n) is 5.68. The molecule has 16 heavy (non-hydrogen) atoms. The second kappa shape index (κ2) is 6.28. The Labute approximate surface area is 97.0 Å². The van der Waals surface area contributed by atoms with Gasteiger partial charge in [-0.25, -0.2) is 0 Å². The van der Waals surface area contributed by atoms with Gasteiger partial charge in [0.15, 0.2) is 0 Å². The highest BCUT2D eigenvalue weighted by molar-refractivity contribution is 5.77. The average Bonchev–Trinajstić information content (AvgIpc) is 2.26. The number of amides is 1.